The number of nitrogens with zero attached hydrogens (tertiary/aromatic N) is 4. The van der Waals surface area contributed by atoms with Gasteiger partial charge in [-0.05, 0) is 60.4 Å². The van der Waals surface area contributed by atoms with Crippen LogP contribution in [0.25, 0.3) is 5.65 Å². The predicted molar refractivity (Wildman–Crippen MR) is 127 cm³/mol. The summed E-state index contributed by atoms with van der Waals surface area (Å²) < 4.78 is 2.09. The van der Waals surface area contributed by atoms with Crippen LogP contribution in [0.2, 0.25) is 5.02 Å². The topological polar surface area (TPSA) is 84.2 Å². The number of hydrogen-bond acceptors (Lipinski definition) is 5. The van der Waals surface area contributed by atoms with Crippen molar-refractivity contribution < 1.29 is 4.79 Å². The van der Waals surface area contributed by atoms with E-state index in [4.69, 9.17) is 11.6 Å². The lowest BCUT2D eigenvalue weighted by Gasteiger charge is -2.07. The van der Waals surface area contributed by atoms with Gasteiger partial charge in [0, 0.05) is 29.4 Å². The molecule has 0 spiro atoms. The highest BCUT2D eigenvalue weighted by Crippen LogP contribution is 2.48. The van der Waals surface area contributed by atoms with Crippen molar-refractivity contribution in [3.05, 3.63) is 82.9 Å². The number of imidazole rings is 1. The maximum atomic E-state index is 12.7. The molecule has 0 bridgehead atoms. The molecule has 4 aromatic rings. The summed E-state index contributed by atoms with van der Waals surface area (Å²) in [6, 6.07) is 13.7. The maximum absolute atomic E-state index is 12.7. The minimum Gasteiger partial charge on any atom is -0.378 e. The number of fused-ring (bicyclic) bond motifs is 1. The highest BCUT2D eigenvalue weighted by atomic mass is 35.5. The smallest absolute Gasteiger partial charge is 0.229 e. The van der Waals surface area contributed by atoms with Gasteiger partial charge in [-0.2, -0.15) is 5.10 Å². The molecule has 2 N–H and O–H groups in total. The Kier molecular flexibility index (Phi) is 4.99. The van der Waals surface area contributed by atoms with Crippen LogP contribution >= 0.6 is 11.6 Å². The van der Waals surface area contributed by atoms with Crippen LogP contribution < -0.4 is 10.6 Å². The van der Waals surface area contributed by atoms with Gasteiger partial charge >= 0.3 is 0 Å². The Bertz CT molecular complexity index is 1350. The summed E-state index contributed by atoms with van der Waals surface area (Å²) in [6.45, 7) is 0.555. The molecule has 0 saturated heterocycles. The molecule has 2 aliphatic rings. The van der Waals surface area contributed by atoms with E-state index in [-0.39, 0.29) is 17.7 Å². The van der Waals surface area contributed by atoms with Crippen LogP contribution in [0.4, 0.5) is 11.5 Å². The number of nitrogens with one attached hydrogen (secondary N) is 2. The third-order valence-corrected chi connectivity index (χ3v) is 6.59. The van der Waals surface area contributed by atoms with E-state index < -0.39 is 0 Å². The van der Waals surface area contributed by atoms with Gasteiger partial charge in [0.15, 0.2) is 5.82 Å². The van der Waals surface area contributed by atoms with Crippen LogP contribution in [0.15, 0.2) is 61.1 Å². The van der Waals surface area contributed by atoms with E-state index >= 15 is 0 Å². The molecule has 166 valence electrons. The number of carbonyl (C=O) groups is 1. The monoisotopic (exact) mass is 458 g/mol. The zero-order chi connectivity index (χ0) is 22.4. The fraction of sp³-hybridized carbons (Fsp3) is 0.280. The Balaban J connectivity index is 1.08. The fourth-order valence-electron chi connectivity index (χ4n) is 4.33. The fourth-order valence-corrected chi connectivity index (χ4v) is 4.53. The van der Waals surface area contributed by atoms with E-state index in [1.165, 1.54) is 18.4 Å². The van der Waals surface area contributed by atoms with Crippen molar-refractivity contribution in [2.45, 2.75) is 37.6 Å². The molecule has 0 radical (unpaired) electrons. The molecule has 8 heteroatoms. The van der Waals surface area contributed by atoms with E-state index in [0.29, 0.717) is 23.3 Å². The van der Waals surface area contributed by atoms with Crippen molar-refractivity contribution in [3.8, 4) is 0 Å². The maximum Gasteiger partial charge on any atom is 0.229 e. The molecule has 2 saturated carbocycles. The second-order valence-electron chi connectivity index (χ2n) is 8.91. The summed E-state index contributed by atoms with van der Waals surface area (Å²) in [4.78, 5) is 17.3. The lowest BCUT2D eigenvalue weighted by molar-refractivity contribution is -0.117. The summed E-state index contributed by atoms with van der Waals surface area (Å²) in [5.74, 6) is 1.24. The SMILES string of the molecule is O=C(Nc1cc(NCc2cn3cc(C4CC4)ccc3n2)cnn1)[C@H]1C[C@@H]1c1cccc(Cl)c1. The Hall–Kier alpha value is -3.45. The first-order valence-corrected chi connectivity index (χ1v) is 11.6. The van der Waals surface area contributed by atoms with Crippen molar-refractivity contribution in [1.29, 1.82) is 0 Å². The van der Waals surface area contributed by atoms with Crippen molar-refractivity contribution in [1.82, 2.24) is 19.6 Å². The summed E-state index contributed by atoms with van der Waals surface area (Å²) in [5.41, 5.74) is 5.13. The number of aromatic nitrogens is 4. The molecule has 2 aliphatic carbocycles. The van der Waals surface area contributed by atoms with E-state index in [0.717, 1.165) is 29.0 Å². The van der Waals surface area contributed by atoms with Crippen LogP contribution in [0.3, 0.4) is 0 Å². The molecule has 0 aliphatic heterocycles. The molecule has 2 fully saturated rings. The Morgan fingerprint density at radius 3 is 2.88 bits per heavy atom. The number of rotatable bonds is 7. The number of benzene rings is 1. The zero-order valence-corrected chi connectivity index (χ0v) is 18.7. The van der Waals surface area contributed by atoms with Gasteiger partial charge in [-0.3, -0.25) is 4.79 Å². The van der Waals surface area contributed by atoms with Gasteiger partial charge in [-0.1, -0.05) is 29.8 Å². The molecule has 6 rings (SSSR count). The number of carbonyl (C=O) groups excluding carboxylic acids is 1. The van der Waals surface area contributed by atoms with E-state index in [9.17, 15) is 4.79 Å². The number of hydrogen-bond donors (Lipinski definition) is 2. The van der Waals surface area contributed by atoms with Crippen molar-refractivity contribution in [2.24, 2.45) is 5.92 Å². The van der Waals surface area contributed by atoms with Crippen molar-refractivity contribution >= 4 is 34.7 Å². The molecule has 33 heavy (non-hydrogen) atoms. The van der Waals surface area contributed by atoms with Gasteiger partial charge in [0.2, 0.25) is 5.91 Å². The van der Waals surface area contributed by atoms with Gasteiger partial charge in [0.25, 0.3) is 0 Å². The molecule has 3 aromatic heterocycles. The van der Waals surface area contributed by atoms with Gasteiger partial charge in [-0.15, -0.1) is 5.10 Å². The van der Waals surface area contributed by atoms with Crippen LogP contribution in [0, 0.1) is 5.92 Å². The van der Waals surface area contributed by atoms with Crippen LogP contribution in [-0.2, 0) is 11.3 Å². The van der Waals surface area contributed by atoms with Gasteiger partial charge in [-0.25, -0.2) is 4.98 Å². The lowest BCUT2D eigenvalue weighted by Crippen LogP contribution is -2.16. The minimum atomic E-state index is -0.0691. The average molecular weight is 459 g/mol. The van der Waals surface area contributed by atoms with E-state index in [1.807, 2.05) is 24.3 Å². The molecule has 2 atom stereocenters. The summed E-state index contributed by atoms with van der Waals surface area (Å²) in [7, 11) is 0. The largest absolute Gasteiger partial charge is 0.378 e. The number of amides is 1. The molecule has 7 nitrogen and oxygen atoms in total. The minimum absolute atomic E-state index is 0.0433. The third-order valence-electron chi connectivity index (χ3n) is 6.36. The van der Waals surface area contributed by atoms with Crippen LogP contribution in [0.1, 0.15) is 47.9 Å². The Labute approximate surface area is 196 Å². The Morgan fingerprint density at radius 2 is 2.03 bits per heavy atom. The molecule has 1 aromatic carbocycles. The predicted octanol–water partition coefficient (Wildman–Crippen LogP) is 5.01. The molecular formula is C25H23ClN6O. The molecular weight excluding hydrogens is 436 g/mol. The van der Waals surface area contributed by atoms with Gasteiger partial charge < -0.3 is 15.0 Å². The first-order valence-electron chi connectivity index (χ1n) is 11.2. The quantitative estimate of drug-likeness (QED) is 0.406. The van der Waals surface area contributed by atoms with E-state index in [2.05, 4.69) is 54.7 Å². The second kappa shape index (κ2) is 8.15. The summed E-state index contributed by atoms with van der Waals surface area (Å²) in [6.07, 6.45) is 9.25. The first-order chi connectivity index (χ1) is 16.1. The van der Waals surface area contributed by atoms with Gasteiger partial charge in [0.05, 0.1) is 24.1 Å². The first kappa shape index (κ1) is 20.2. The summed E-state index contributed by atoms with van der Waals surface area (Å²) in [5, 5.41) is 15.0. The molecule has 1 amide bonds. The van der Waals surface area contributed by atoms with E-state index in [1.54, 1.807) is 12.3 Å². The normalized spacial score (nSPS) is 19.4. The zero-order valence-electron chi connectivity index (χ0n) is 17.9. The van der Waals surface area contributed by atoms with Gasteiger partial charge in [0.1, 0.15) is 5.65 Å². The average Bonchev–Trinajstić information content (AvgIpc) is 3.74. The number of anilines is 2. The van der Waals surface area contributed by atoms with Crippen LogP contribution in [-0.4, -0.2) is 25.5 Å². The lowest BCUT2D eigenvalue weighted by atomic mass is 10.1. The second-order valence-corrected chi connectivity index (χ2v) is 9.35. The molecule has 0 unspecified atom stereocenters. The van der Waals surface area contributed by atoms with Crippen molar-refractivity contribution in [2.75, 3.05) is 10.6 Å². The number of pyridine rings is 1. The standard InChI is InChI=1S/C25H23ClN6O/c26-18-3-1-2-16(8-18)21-10-22(21)25(33)30-23-9-19(12-28-31-23)27-11-20-14-32-13-17(15-4-5-15)6-7-24(32)29-20/h1-3,6-9,12-15,21-22H,4-5,10-11H2,(H2,27,30,31,33)/t21-,22+/m1/s1. The van der Waals surface area contributed by atoms with Crippen molar-refractivity contribution in [3.63, 3.8) is 0 Å². The summed E-state index contributed by atoms with van der Waals surface area (Å²) >= 11 is 6.08. The molecule has 3 heterocycles. The highest BCUT2D eigenvalue weighted by molar-refractivity contribution is 6.30. The Morgan fingerprint density at radius 1 is 1.12 bits per heavy atom. The highest BCUT2D eigenvalue weighted by Gasteiger charge is 2.44. The van der Waals surface area contributed by atoms with Crippen LogP contribution in [0.5, 0.6) is 0 Å². The third kappa shape index (κ3) is 4.41. The number of halogens is 1.